The molecule has 3 aromatic rings. The van der Waals surface area contributed by atoms with Crippen molar-refractivity contribution in [1.82, 2.24) is 24.6 Å². The molecule has 1 saturated heterocycles. The van der Waals surface area contributed by atoms with E-state index in [4.69, 9.17) is 0 Å². The molecule has 1 atom stereocenters. The molecular formula is C21H23N5O2. The van der Waals surface area contributed by atoms with Crippen molar-refractivity contribution < 1.29 is 9.59 Å². The maximum atomic E-state index is 13.0. The van der Waals surface area contributed by atoms with Crippen molar-refractivity contribution in [3.05, 3.63) is 66.4 Å². The highest BCUT2D eigenvalue weighted by molar-refractivity contribution is 5.79. The zero-order valence-electron chi connectivity index (χ0n) is 15.6. The molecule has 144 valence electrons. The molecule has 1 aliphatic heterocycles. The van der Waals surface area contributed by atoms with Gasteiger partial charge in [-0.25, -0.2) is 4.98 Å². The molecule has 0 aliphatic carbocycles. The van der Waals surface area contributed by atoms with E-state index in [0.29, 0.717) is 32.4 Å². The number of fused-ring (bicyclic) bond motifs is 1. The van der Waals surface area contributed by atoms with Crippen LogP contribution in [0.1, 0.15) is 30.5 Å². The largest absolute Gasteiger partial charge is 0.352 e. The van der Waals surface area contributed by atoms with Crippen molar-refractivity contribution >= 4 is 17.5 Å². The fraction of sp³-hybridized carbons (Fsp3) is 0.333. The summed E-state index contributed by atoms with van der Waals surface area (Å²) in [5.41, 5.74) is 2.81. The fourth-order valence-electron chi connectivity index (χ4n) is 3.54. The minimum Gasteiger partial charge on any atom is -0.352 e. The van der Waals surface area contributed by atoms with Crippen molar-refractivity contribution in [3.8, 4) is 0 Å². The number of hydrogen-bond acceptors (Lipinski definition) is 4. The lowest BCUT2D eigenvalue weighted by Crippen LogP contribution is -2.41. The molecule has 0 aromatic carbocycles. The normalized spacial score (nSPS) is 16.3. The van der Waals surface area contributed by atoms with Gasteiger partial charge in [-0.1, -0.05) is 6.07 Å². The Kier molecular flexibility index (Phi) is 5.32. The standard InChI is InChI=1S/C21H23N5O2/c27-20-6-4-18(24-20)15-26(13-16-8-10-22-11-9-16)21(28)7-5-17-14-25-12-2-1-3-19(25)23-17/h1-3,8-12,14,18H,4-7,13,15H2,(H,24,27)/t18-/m0/s1. The number of rotatable bonds is 7. The van der Waals surface area contributed by atoms with Crippen LogP contribution in [-0.4, -0.2) is 43.7 Å². The Morgan fingerprint density at radius 1 is 1.25 bits per heavy atom. The average Bonchev–Trinajstić information content (AvgIpc) is 3.31. The summed E-state index contributed by atoms with van der Waals surface area (Å²) in [4.78, 5) is 34.9. The molecule has 0 spiro atoms. The third kappa shape index (κ3) is 4.36. The van der Waals surface area contributed by atoms with Gasteiger partial charge in [0.2, 0.25) is 11.8 Å². The van der Waals surface area contributed by atoms with E-state index in [-0.39, 0.29) is 17.9 Å². The summed E-state index contributed by atoms with van der Waals surface area (Å²) < 4.78 is 1.96. The van der Waals surface area contributed by atoms with Gasteiger partial charge in [-0.15, -0.1) is 0 Å². The molecule has 3 aromatic heterocycles. The van der Waals surface area contributed by atoms with E-state index in [1.165, 1.54) is 0 Å². The molecule has 1 fully saturated rings. The van der Waals surface area contributed by atoms with Crippen LogP contribution in [0, 0.1) is 0 Å². The number of aryl methyl sites for hydroxylation is 1. The minimum absolute atomic E-state index is 0.0217. The smallest absolute Gasteiger partial charge is 0.223 e. The SMILES string of the molecule is O=C1CC[C@@H](CN(Cc2ccncc2)C(=O)CCc2cn3ccccc3n2)N1. The number of nitrogens with zero attached hydrogens (tertiary/aromatic N) is 4. The first-order chi connectivity index (χ1) is 13.7. The molecule has 0 saturated carbocycles. The summed E-state index contributed by atoms with van der Waals surface area (Å²) in [6, 6.07) is 9.70. The van der Waals surface area contributed by atoms with E-state index >= 15 is 0 Å². The highest BCUT2D eigenvalue weighted by Crippen LogP contribution is 2.14. The summed E-state index contributed by atoms with van der Waals surface area (Å²) >= 11 is 0. The van der Waals surface area contributed by atoms with Crippen LogP contribution in [0.25, 0.3) is 5.65 Å². The number of nitrogens with one attached hydrogen (secondary N) is 1. The zero-order chi connectivity index (χ0) is 19.3. The number of carbonyl (C=O) groups excluding carboxylic acids is 2. The molecular weight excluding hydrogens is 354 g/mol. The molecule has 4 heterocycles. The maximum absolute atomic E-state index is 13.0. The second-order valence-electron chi connectivity index (χ2n) is 7.13. The Morgan fingerprint density at radius 3 is 2.86 bits per heavy atom. The van der Waals surface area contributed by atoms with E-state index in [0.717, 1.165) is 23.3 Å². The molecule has 7 nitrogen and oxygen atoms in total. The third-order valence-corrected chi connectivity index (χ3v) is 5.01. The quantitative estimate of drug-likeness (QED) is 0.683. The van der Waals surface area contributed by atoms with Gasteiger partial charge < -0.3 is 14.6 Å². The number of imidazole rings is 1. The van der Waals surface area contributed by atoms with Gasteiger partial charge in [0, 0.05) is 56.8 Å². The van der Waals surface area contributed by atoms with Gasteiger partial charge in [-0.2, -0.15) is 0 Å². The fourth-order valence-corrected chi connectivity index (χ4v) is 3.54. The van der Waals surface area contributed by atoms with Gasteiger partial charge in [0.05, 0.1) is 5.69 Å². The molecule has 0 bridgehead atoms. The second-order valence-corrected chi connectivity index (χ2v) is 7.13. The van der Waals surface area contributed by atoms with Crippen LogP contribution in [-0.2, 0) is 22.6 Å². The molecule has 1 aliphatic rings. The van der Waals surface area contributed by atoms with E-state index in [1.54, 1.807) is 12.4 Å². The van der Waals surface area contributed by atoms with Crippen molar-refractivity contribution in [2.75, 3.05) is 6.54 Å². The van der Waals surface area contributed by atoms with E-state index < -0.39 is 0 Å². The summed E-state index contributed by atoms with van der Waals surface area (Å²) in [5.74, 6) is 0.126. The summed E-state index contributed by atoms with van der Waals surface area (Å²) in [7, 11) is 0. The van der Waals surface area contributed by atoms with E-state index in [1.807, 2.05) is 52.0 Å². The molecule has 1 N–H and O–H groups in total. The lowest BCUT2D eigenvalue weighted by molar-refractivity contribution is -0.132. The van der Waals surface area contributed by atoms with Crippen LogP contribution in [0.2, 0.25) is 0 Å². The predicted molar refractivity (Wildman–Crippen MR) is 104 cm³/mol. The minimum atomic E-state index is 0.0217. The van der Waals surface area contributed by atoms with Crippen molar-refractivity contribution in [2.45, 2.75) is 38.3 Å². The molecule has 0 radical (unpaired) electrons. The Morgan fingerprint density at radius 2 is 2.11 bits per heavy atom. The maximum Gasteiger partial charge on any atom is 0.223 e. The predicted octanol–water partition coefficient (Wildman–Crippen LogP) is 1.97. The highest BCUT2D eigenvalue weighted by atomic mass is 16.2. The molecule has 28 heavy (non-hydrogen) atoms. The number of hydrogen-bond donors (Lipinski definition) is 1. The van der Waals surface area contributed by atoms with Gasteiger partial charge in [0.25, 0.3) is 0 Å². The molecule has 0 unspecified atom stereocenters. The van der Waals surface area contributed by atoms with Crippen molar-refractivity contribution in [1.29, 1.82) is 0 Å². The average molecular weight is 377 g/mol. The van der Waals surface area contributed by atoms with Crippen LogP contribution >= 0.6 is 0 Å². The van der Waals surface area contributed by atoms with Crippen LogP contribution in [0.3, 0.4) is 0 Å². The summed E-state index contributed by atoms with van der Waals surface area (Å²) in [6.45, 7) is 1.04. The Balaban J connectivity index is 1.43. The van der Waals surface area contributed by atoms with Gasteiger partial charge in [-0.3, -0.25) is 14.6 Å². The van der Waals surface area contributed by atoms with Crippen molar-refractivity contribution in [3.63, 3.8) is 0 Å². The van der Waals surface area contributed by atoms with Gasteiger partial charge >= 0.3 is 0 Å². The van der Waals surface area contributed by atoms with E-state index in [9.17, 15) is 9.59 Å². The monoisotopic (exact) mass is 377 g/mol. The molecule has 2 amide bonds. The second kappa shape index (κ2) is 8.21. The van der Waals surface area contributed by atoms with Gasteiger partial charge in [0.15, 0.2) is 0 Å². The Hall–Kier alpha value is -3.22. The lowest BCUT2D eigenvalue weighted by Gasteiger charge is -2.26. The third-order valence-electron chi connectivity index (χ3n) is 5.01. The Labute approximate surface area is 163 Å². The number of carbonyl (C=O) groups is 2. The lowest BCUT2D eigenvalue weighted by atomic mass is 10.1. The van der Waals surface area contributed by atoms with Gasteiger partial charge in [-0.05, 0) is 42.7 Å². The first kappa shape index (κ1) is 18.2. The van der Waals surface area contributed by atoms with Crippen LogP contribution in [0.4, 0.5) is 0 Å². The number of aromatic nitrogens is 3. The van der Waals surface area contributed by atoms with Gasteiger partial charge in [0.1, 0.15) is 5.65 Å². The summed E-state index contributed by atoms with van der Waals surface area (Å²) in [6.07, 6.45) is 9.64. The first-order valence-corrected chi connectivity index (χ1v) is 9.56. The molecule has 7 heteroatoms. The number of amides is 2. The summed E-state index contributed by atoms with van der Waals surface area (Å²) in [5, 5.41) is 2.96. The van der Waals surface area contributed by atoms with E-state index in [2.05, 4.69) is 15.3 Å². The van der Waals surface area contributed by atoms with Crippen LogP contribution in [0.5, 0.6) is 0 Å². The highest BCUT2D eigenvalue weighted by Gasteiger charge is 2.25. The van der Waals surface area contributed by atoms with Crippen LogP contribution < -0.4 is 5.32 Å². The number of pyridine rings is 2. The van der Waals surface area contributed by atoms with Crippen molar-refractivity contribution in [2.24, 2.45) is 0 Å². The first-order valence-electron chi connectivity index (χ1n) is 9.56. The topological polar surface area (TPSA) is 79.6 Å². The molecule has 4 rings (SSSR count). The Bertz CT molecular complexity index is 936. The zero-order valence-corrected chi connectivity index (χ0v) is 15.6. The van der Waals surface area contributed by atoms with Crippen LogP contribution in [0.15, 0.2) is 55.1 Å².